The molecule has 0 aliphatic carbocycles. The summed E-state index contributed by atoms with van der Waals surface area (Å²) in [5.74, 6) is 0. The third-order valence-corrected chi connectivity index (χ3v) is 2.72. The molecule has 0 saturated heterocycles. The van der Waals surface area contributed by atoms with Gasteiger partial charge in [0, 0.05) is 6.20 Å². The molecule has 0 radical (unpaired) electrons. The van der Waals surface area contributed by atoms with Gasteiger partial charge in [0.05, 0.1) is 11.6 Å². The van der Waals surface area contributed by atoms with E-state index < -0.39 is 11.8 Å². The fourth-order valence-corrected chi connectivity index (χ4v) is 1.76. The van der Waals surface area contributed by atoms with Gasteiger partial charge >= 0.3 is 11.8 Å². The highest BCUT2D eigenvalue weighted by Crippen LogP contribution is 2.08. The van der Waals surface area contributed by atoms with Crippen LogP contribution in [0, 0.1) is 0 Å². The molecule has 0 spiro atoms. The number of H-pyrrole nitrogens is 1. The summed E-state index contributed by atoms with van der Waals surface area (Å²) >= 11 is 0. The smallest absolute Gasteiger partial charge is 0.436 e. The number of ether oxygens (including phenoxy) is 1. The van der Waals surface area contributed by atoms with Gasteiger partial charge in [-0.05, 0) is 5.56 Å². The van der Waals surface area contributed by atoms with Gasteiger partial charge in [0.1, 0.15) is 6.61 Å². The van der Waals surface area contributed by atoms with E-state index in [9.17, 15) is 9.59 Å². The molecule has 0 amide bonds. The first-order valence-corrected chi connectivity index (χ1v) is 5.88. The molecular formula is C13H10N4O3. The highest BCUT2D eigenvalue weighted by Gasteiger charge is 2.13. The highest BCUT2D eigenvalue weighted by molar-refractivity contribution is 5.84. The van der Waals surface area contributed by atoms with Gasteiger partial charge in [0.25, 0.3) is 0 Å². The standard InChI is InChI=1S/C13H10N4O3/c18-12-14-6-10-7-15-17(11(10)16-12)13(19)20-8-9-4-2-1-3-5-9/h1-7H,8H2,(H,14,16,18). The molecule has 3 aromatic rings. The molecule has 20 heavy (non-hydrogen) atoms. The molecule has 0 aliphatic heterocycles. The summed E-state index contributed by atoms with van der Waals surface area (Å²) in [4.78, 5) is 29.1. The average molecular weight is 270 g/mol. The van der Waals surface area contributed by atoms with Crippen molar-refractivity contribution in [2.75, 3.05) is 0 Å². The van der Waals surface area contributed by atoms with E-state index in [0.717, 1.165) is 10.2 Å². The van der Waals surface area contributed by atoms with Gasteiger partial charge in [-0.2, -0.15) is 5.10 Å². The zero-order valence-electron chi connectivity index (χ0n) is 10.3. The van der Waals surface area contributed by atoms with Gasteiger partial charge in [0.15, 0.2) is 5.65 Å². The predicted octanol–water partition coefficient (Wildman–Crippen LogP) is 1.30. The normalized spacial score (nSPS) is 10.6. The van der Waals surface area contributed by atoms with E-state index in [1.165, 1.54) is 12.4 Å². The maximum Gasteiger partial charge on any atom is 0.436 e. The number of nitrogens with one attached hydrogen (secondary N) is 1. The van der Waals surface area contributed by atoms with Crippen LogP contribution in [0.15, 0.2) is 47.5 Å². The average Bonchev–Trinajstić information content (AvgIpc) is 2.89. The Kier molecular flexibility index (Phi) is 3.00. The number of hydrogen-bond donors (Lipinski definition) is 1. The van der Waals surface area contributed by atoms with Crippen molar-refractivity contribution in [1.29, 1.82) is 0 Å². The van der Waals surface area contributed by atoms with E-state index in [1.807, 2.05) is 30.3 Å². The lowest BCUT2D eigenvalue weighted by Gasteiger charge is -2.04. The number of aromatic nitrogens is 4. The Labute approximate surface area is 112 Å². The van der Waals surface area contributed by atoms with Crippen LogP contribution in [-0.2, 0) is 11.3 Å². The maximum absolute atomic E-state index is 11.9. The number of rotatable bonds is 2. The van der Waals surface area contributed by atoms with Crippen LogP contribution in [0.25, 0.3) is 11.0 Å². The summed E-state index contributed by atoms with van der Waals surface area (Å²) < 4.78 is 6.14. The quantitative estimate of drug-likeness (QED) is 0.758. The van der Waals surface area contributed by atoms with Gasteiger partial charge < -0.3 is 4.74 Å². The lowest BCUT2D eigenvalue weighted by Crippen LogP contribution is -2.18. The number of carbonyl (C=O) groups excluding carboxylic acids is 1. The van der Waals surface area contributed by atoms with Crippen LogP contribution < -0.4 is 5.69 Å². The first-order valence-electron chi connectivity index (χ1n) is 5.88. The number of nitrogens with zero attached hydrogens (tertiary/aromatic N) is 3. The third-order valence-electron chi connectivity index (χ3n) is 2.72. The van der Waals surface area contributed by atoms with Crippen LogP contribution in [0.2, 0.25) is 0 Å². The molecule has 0 unspecified atom stereocenters. The molecule has 0 saturated carbocycles. The second-order valence-electron chi connectivity index (χ2n) is 4.09. The van der Waals surface area contributed by atoms with Crippen molar-refractivity contribution in [2.45, 2.75) is 6.61 Å². The van der Waals surface area contributed by atoms with Crippen molar-refractivity contribution in [2.24, 2.45) is 0 Å². The molecule has 1 aromatic carbocycles. The SMILES string of the molecule is O=C(OCc1ccccc1)n1ncc2cnc(=O)[nH]c21. The minimum atomic E-state index is -0.661. The summed E-state index contributed by atoms with van der Waals surface area (Å²) in [5, 5.41) is 4.44. The van der Waals surface area contributed by atoms with Crippen molar-refractivity contribution in [3.8, 4) is 0 Å². The van der Waals surface area contributed by atoms with Crippen LogP contribution in [-0.4, -0.2) is 25.8 Å². The van der Waals surface area contributed by atoms with Gasteiger partial charge in [-0.15, -0.1) is 4.68 Å². The molecule has 1 N–H and O–H groups in total. The van der Waals surface area contributed by atoms with Crippen molar-refractivity contribution in [3.63, 3.8) is 0 Å². The van der Waals surface area contributed by atoms with Crippen molar-refractivity contribution < 1.29 is 9.53 Å². The fraction of sp³-hybridized carbons (Fsp3) is 0.0769. The zero-order chi connectivity index (χ0) is 13.9. The van der Waals surface area contributed by atoms with Crippen LogP contribution in [0.3, 0.4) is 0 Å². The number of carbonyl (C=O) groups is 1. The molecule has 0 bridgehead atoms. The Morgan fingerprint density at radius 1 is 1.25 bits per heavy atom. The Hall–Kier alpha value is -2.96. The van der Waals surface area contributed by atoms with Crippen molar-refractivity contribution in [1.82, 2.24) is 19.7 Å². The summed E-state index contributed by atoms with van der Waals surface area (Å²) in [7, 11) is 0. The second-order valence-corrected chi connectivity index (χ2v) is 4.09. The van der Waals surface area contributed by atoms with Gasteiger partial charge in [-0.1, -0.05) is 30.3 Å². The van der Waals surface area contributed by atoms with Gasteiger partial charge in [-0.25, -0.2) is 14.6 Å². The lowest BCUT2D eigenvalue weighted by molar-refractivity contribution is 0.139. The van der Waals surface area contributed by atoms with Gasteiger partial charge in [0.2, 0.25) is 0 Å². The van der Waals surface area contributed by atoms with E-state index in [0.29, 0.717) is 5.39 Å². The van der Waals surface area contributed by atoms with E-state index in [4.69, 9.17) is 4.74 Å². The molecular weight excluding hydrogens is 260 g/mol. The van der Waals surface area contributed by atoms with Crippen LogP contribution in [0.5, 0.6) is 0 Å². The summed E-state index contributed by atoms with van der Waals surface area (Å²) in [6.07, 6.45) is 2.12. The Morgan fingerprint density at radius 2 is 2.05 bits per heavy atom. The second kappa shape index (κ2) is 4.96. The molecule has 100 valence electrons. The largest absolute Gasteiger partial charge is 0.443 e. The number of hydrogen-bond acceptors (Lipinski definition) is 5. The Balaban J connectivity index is 1.82. The minimum Gasteiger partial charge on any atom is -0.443 e. The van der Waals surface area contributed by atoms with Crippen LogP contribution in [0.4, 0.5) is 4.79 Å². The number of benzene rings is 1. The van der Waals surface area contributed by atoms with E-state index in [1.54, 1.807) is 0 Å². The van der Waals surface area contributed by atoms with Crippen molar-refractivity contribution in [3.05, 3.63) is 58.8 Å². The van der Waals surface area contributed by atoms with Gasteiger partial charge in [-0.3, -0.25) is 4.98 Å². The van der Waals surface area contributed by atoms with E-state index in [-0.39, 0.29) is 12.3 Å². The van der Waals surface area contributed by atoms with E-state index >= 15 is 0 Å². The molecule has 0 aliphatic rings. The summed E-state index contributed by atoms with van der Waals surface area (Å²) in [5.41, 5.74) is 0.589. The molecule has 2 aromatic heterocycles. The summed E-state index contributed by atoms with van der Waals surface area (Å²) in [6.45, 7) is 0.135. The minimum absolute atomic E-state index is 0.135. The Morgan fingerprint density at radius 3 is 2.85 bits per heavy atom. The zero-order valence-corrected chi connectivity index (χ0v) is 10.3. The van der Waals surface area contributed by atoms with Crippen LogP contribution >= 0.6 is 0 Å². The molecule has 7 nitrogen and oxygen atoms in total. The molecule has 3 rings (SSSR count). The van der Waals surface area contributed by atoms with Crippen LogP contribution in [0.1, 0.15) is 5.56 Å². The molecule has 0 fully saturated rings. The Bertz CT molecular complexity index is 807. The molecule has 2 heterocycles. The van der Waals surface area contributed by atoms with E-state index in [2.05, 4.69) is 15.1 Å². The summed E-state index contributed by atoms with van der Waals surface area (Å²) in [6, 6.07) is 9.29. The topological polar surface area (TPSA) is 89.9 Å². The number of aromatic amines is 1. The highest BCUT2D eigenvalue weighted by atomic mass is 16.6. The van der Waals surface area contributed by atoms with Crippen molar-refractivity contribution >= 4 is 17.1 Å². The first kappa shape index (κ1) is 12.1. The third kappa shape index (κ3) is 2.28. The first-order chi connectivity index (χ1) is 9.74. The maximum atomic E-state index is 11.9. The number of fused-ring (bicyclic) bond motifs is 1. The molecule has 0 atom stereocenters. The fourth-order valence-electron chi connectivity index (χ4n) is 1.76. The monoisotopic (exact) mass is 270 g/mol. The lowest BCUT2D eigenvalue weighted by atomic mass is 10.2. The molecule has 7 heteroatoms. The predicted molar refractivity (Wildman–Crippen MR) is 70.2 cm³/mol.